The lowest BCUT2D eigenvalue weighted by Crippen LogP contribution is -2.40. The van der Waals surface area contributed by atoms with Crippen LogP contribution in [-0.2, 0) is 16.1 Å². The zero-order chi connectivity index (χ0) is 28.6. The molecule has 4 aromatic rings. The molecule has 40 heavy (non-hydrogen) atoms. The summed E-state index contributed by atoms with van der Waals surface area (Å²) in [7, 11) is 0. The highest BCUT2D eigenvalue weighted by molar-refractivity contribution is 7.07. The highest BCUT2D eigenvalue weighted by Crippen LogP contribution is 2.32. The number of nitrogens with zero attached hydrogens (tertiary/aromatic N) is 3. The van der Waals surface area contributed by atoms with Gasteiger partial charge in [-0.05, 0) is 64.5 Å². The maximum absolute atomic E-state index is 14.1. The van der Waals surface area contributed by atoms with Gasteiger partial charge in [-0.1, -0.05) is 47.7 Å². The Morgan fingerprint density at radius 3 is 2.55 bits per heavy atom. The summed E-state index contributed by atoms with van der Waals surface area (Å²) in [6.45, 7) is 14.5. The van der Waals surface area contributed by atoms with Crippen LogP contribution >= 0.6 is 11.3 Å². The smallest absolute Gasteiger partial charge is 0.338 e. The van der Waals surface area contributed by atoms with Gasteiger partial charge in [0.1, 0.15) is 5.75 Å². The molecule has 206 valence electrons. The number of hydrogen-bond donors (Lipinski definition) is 0. The molecule has 0 bridgehead atoms. The third kappa shape index (κ3) is 4.84. The topological polar surface area (TPSA) is 74.8 Å². The summed E-state index contributed by atoms with van der Waals surface area (Å²) in [6.07, 6.45) is 3.50. The van der Waals surface area contributed by atoms with Crippen molar-refractivity contribution in [1.29, 1.82) is 0 Å². The van der Waals surface area contributed by atoms with Gasteiger partial charge < -0.3 is 14.0 Å². The highest BCUT2D eigenvalue weighted by Gasteiger charge is 2.34. The molecule has 5 rings (SSSR count). The summed E-state index contributed by atoms with van der Waals surface area (Å²) in [5, 5.41) is 1.06. The Kier molecular flexibility index (Phi) is 7.63. The van der Waals surface area contributed by atoms with E-state index in [2.05, 4.69) is 30.2 Å². The van der Waals surface area contributed by atoms with Gasteiger partial charge in [-0.15, -0.1) is 6.58 Å². The molecule has 0 fully saturated rings. The molecule has 0 unspecified atom stereocenters. The zero-order valence-corrected chi connectivity index (χ0v) is 24.2. The van der Waals surface area contributed by atoms with Crippen molar-refractivity contribution < 1.29 is 14.3 Å². The number of hydrogen-bond acceptors (Lipinski definition) is 6. The third-order valence-corrected chi connectivity index (χ3v) is 7.94. The van der Waals surface area contributed by atoms with E-state index in [1.165, 1.54) is 11.3 Å². The molecular weight excluding hydrogens is 522 g/mol. The fraction of sp³-hybridized carbons (Fsp3) is 0.281. The summed E-state index contributed by atoms with van der Waals surface area (Å²) < 4.78 is 15.6. The van der Waals surface area contributed by atoms with Gasteiger partial charge in [-0.2, -0.15) is 0 Å². The summed E-state index contributed by atoms with van der Waals surface area (Å²) in [5.74, 6) is 0.241. The Labute approximate surface area is 237 Å². The van der Waals surface area contributed by atoms with E-state index in [4.69, 9.17) is 14.5 Å². The van der Waals surface area contributed by atoms with E-state index in [0.29, 0.717) is 33.8 Å². The lowest BCUT2D eigenvalue weighted by molar-refractivity contribution is -0.143. The van der Waals surface area contributed by atoms with E-state index in [1.807, 2.05) is 55.5 Å². The van der Waals surface area contributed by atoms with Crippen LogP contribution in [0.4, 0.5) is 0 Å². The monoisotopic (exact) mass is 555 g/mol. The number of aromatic nitrogens is 2. The largest absolute Gasteiger partial charge is 0.494 e. The molecular formula is C32H33N3O4S. The molecule has 0 saturated heterocycles. The minimum atomic E-state index is -0.677. The molecule has 1 aliphatic heterocycles. The Bertz CT molecular complexity index is 1820. The second-order valence-corrected chi connectivity index (χ2v) is 11.0. The zero-order valence-electron chi connectivity index (χ0n) is 23.4. The first kappa shape index (κ1) is 27.4. The van der Waals surface area contributed by atoms with Crippen LogP contribution in [0.3, 0.4) is 0 Å². The van der Waals surface area contributed by atoms with E-state index < -0.39 is 12.0 Å². The van der Waals surface area contributed by atoms with Gasteiger partial charge in [0, 0.05) is 28.7 Å². The average Bonchev–Trinajstić information content (AvgIpc) is 3.37. The quantitative estimate of drug-likeness (QED) is 0.226. The molecule has 0 saturated carbocycles. The number of carbonyl (C=O) groups is 1. The molecule has 2 aromatic heterocycles. The van der Waals surface area contributed by atoms with Crippen LogP contribution in [0.15, 0.2) is 82.2 Å². The first-order valence-corrected chi connectivity index (χ1v) is 14.2. The van der Waals surface area contributed by atoms with Gasteiger partial charge in [0.05, 0.1) is 34.6 Å². The molecule has 2 aromatic carbocycles. The van der Waals surface area contributed by atoms with Gasteiger partial charge in [0.25, 0.3) is 5.56 Å². The molecule has 0 spiro atoms. The summed E-state index contributed by atoms with van der Waals surface area (Å²) >= 11 is 1.33. The van der Waals surface area contributed by atoms with Crippen molar-refractivity contribution in [2.75, 3.05) is 6.61 Å². The average molecular weight is 556 g/mol. The van der Waals surface area contributed by atoms with Crippen molar-refractivity contribution in [2.45, 2.75) is 53.3 Å². The maximum atomic E-state index is 14.1. The SMILES string of the molecule is C=CCn1c(C)c(/C=c2/sc3n(c2=O)[C@H](c2ccc(OCC)cc2)C(C(=O)OC(C)C)=C(C)N=3)c2ccccc21. The standard InChI is InChI=1S/C32H33N3O4S/c1-7-17-34-21(6)25(24-11-9-10-12-26(24)34)18-27-30(36)35-29(22-13-15-23(16-14-22)38-8-2)28(31(37)39-19(3)4)20(5)33-32(35)40-27/h7,9-16,18-19,29H,1,8,17H2,2-6H3/b27-18+/t29-/m1/s1. The van der Waals surface area contributed by atoms with Crippen molar-refractivity contribution in [3.05, 3.63) is 109 Å². The Hall–Kier alpha value is -4.17. The van der Waals surface area contributed by atoms with Crippen molar-refractivity contribution in [3.63, 3.8) is 0 Å². The van der Waals surface area contributed by atoms with Crippen LogP contribution in [0.1, 0.15) is 50.6 Å². The second-order valence-electron chi connectivity index (χ2n) is 9.95. The number of allylic oxidation sites excluding steroid dienone is 2. The Morgan fingerprint density at radius 1 is 1.15 bits per heavy atom. The first-order chi connectivity index (χ1) is 19.2. The van der Waals surface area contributed by atoms with Crippen molar-refractivity contribution >= 4 is 34.3 Å². The van der Waals surface area contributed by atoms with Crippen LogP contribution in [-0.4, -0.2) is 27.8 Å². The van der Waals surface area contributed by atoms with Gasteiger partial charge in [0.15, 0.2) is 4.80 Å². The summed E-state index contributed by atoms with van der Waals surface area (Å²) in [5.41, 5.74) is 4.58. The lowest BCUT2D eigenvalue weighted by Gasteiger charge is -2.25. The molecule has 7 nitrogen and oxygen atoms in total. The molecule has 3 heterocycles. The van der Waals surface area contributed by atoms with E-state index in [1.54, 1.807) is 25.3 Å². The van der Waals surface area contributed by atoms with Crippen LogP contribution < -0.4 is 19.6 Å². The van der Waals surface area contributed by atoms with Crippen LogP contribution in [0.5, 0.6) is 5.75 Å². The normalized spacial score (nSPS) is 15.3. The van der Waals surface area contributed by atoms with Crippen LogP contribution in [0.25, 0.3) is 17.0 Å². The van der Waals surface area contributed by atoms with Gasteiger partial charge in [-0.25, -0.2) is 9.79 Å². The predicted octanol–water partition coefficient (Wildman–Crippen LogP) is 5.03. The number of benzene rings is 2. The fourth-order valence-corrected chi connectivity index (χ4v) is 6.25. The van der Waals surface area contributed by atoms with E-state index >= 15 is 0 Å². The number of thiazole rings is 1. The molecule has 1 aliphatic rings. The van der Waals surface area contributed by atoms with Gasteiger partial charge >= 0.3 is 5.97 Å². The minimum absolute atomic E-state index is 0.204. The molecule has 8 heteroatoms. The number of esters is 1. The van der Waals surface area contributed by atoms with Gasteiger partial charge in [-0.3, -0.25) is 9.36 Å². The minimum Gasteiger partial charge on any atom is -0.494 e. The predicted molar refractivity (Wildman–Crippen MR) is 159 cm³/mol. The first-order valence-electron chi connectivity index (χ1n) is 13.4. The van der Waals surface area contributed by atoms with Gasteiger partial charge in [0.2, 0.25) is 0 Å². The summed E-state index contributed by atoms with van der Waals surface area (Å²) in [4.78, 5) is 32.7. The number of ether oxygens (including phenoxy) is 2. The number of rotatable bonds is 8. The Balaban J connectivity index is 1.73. The number of fused-ring (bicyclic) bond motifs is 2. The van der Waals surface area contributed by atoms with E-state index in [-0.39, 0.29) is 11.7 Å². The van der Waals surface area contributed by atoms with E-state index in [9.17, 15) is 9.59 Å². The van der Waals surface area contributed by atoms with Crippen LogP contribution in [0.2, 0.25) is 0 Å². The maximum Gasteiger partial charge on any atom is 0.338 e. The molecule has 0 radical (unpaired) electrons. The van der Waals surface area contributed by atoms with E-state index in [0.717, 1.165) is 33.5 Å². The molecule has 0 N–H and O–H groups in total. The molecule has 0 amide bonds. The van der Waals surface area contributed by atoms with Crippen molar-refractivity contribution in [1.82, 2.24) is 9.13 Å². The third-order valence-electron chi connectivity index (χ3n) is 6.96. The number of para-hydroxylation sites is 1. The fourth-order valence-electron chi connectivity index (χ4n) is 5.22. The van der Waals surface area contributed by atoms with Crippen molar-refractivity contribution in [3.8, 4) is 5.75 Å². The second kappa shape index (κ2) is 11.1. The van der Waals surface area contributed by atoms with Crippen molar-refractivity contribution in [2.24, 2.45) is 4.99 Å². The number of carbonyl (C=O) groups excluding carboxylic acids is 1. The molecule has 1 atom stereocenters. The lowest BCUT2D eigenvalue weighted by atomic mass is 9.96. The highest BCUT2D eigenvalue weighted by atomic mass is 32.1. The Morgan fingerprint density at radius 2 is 1.88 bits per heavy atom. The summed E-state index contributed by atoms with van der Waals surface area (Å²) in [6, 6.07) is 15.0. The van der Waals surface area contributed by atoms with Crippen LogP contribution in [0, 0.1) is 6.92 Å². The molecule has 0 aliphatic carbocycles.